The lowest BCUT2D eigenvalue weighted by Gasteiger charge is -2.08. The number of aromatic nitrogens is 2. The third-order valence-corrected chi connectivity index (χ3v) is 3.51. The van der Waals surface area contributed by atoms with Gasteiger partial charge in [-0.05, 0) is 36.8 Å². The fraction of sp³-hybridized carbons (Fsp3) is 0.0667. The summed E-state index contributed by atoms with van der Waals surface area (Å²) in [6, 6.07) is 12.8. The van der Waals surface area contributed by atoms with Crippen molar-refractivity contribution in [2.45, 2.75) is 6.92 Å². The second-order valence-corrected chi connectivity index (χ2v) is 4.78. The molecule has 0 saturated carbocycles. The number of hydrogen-bond donors (Lipinski definition) is 0. The lowest BCUT2D eigenvalue weighted by molar-refractivity contribution is 0.962. The highest BCUT2D eigenvalue weighted by atomic mass is 35.5. The van der Waals surface area contributed by atoms with Gasteiger partial charge in [0.2, 0.25) is 0 Å². The van der Waals surface area contributed by atoms with E-state index in [1.54, 1.807) is 12.1 Å². The van der Waals surface area contributed by atoms with Crippen molar-refractivity contribution in [1.82, 2.24) is 9.55 Å². The summed E-state index contributed by atoms with van der Waals surface area (Å²) in [4.78, 5) is 16.7. The molecule has 0 aliphatic heterocycles. The first-order valence-electron chi connectivity index (χ1n) is 5.90. The first-order chi connectivity index (χ1) is 9.16. The van der Waals surface area contributed by atoms with Crippen LogP contribution in [0.5, 0.6) is 0 Å². The van der Waals surface area contributed by atoms with Crippen LogP contribution in [0.4, 0.5) is 0 Å². The molecular formula is C15H11ClN2O. The van der Waals surface area contributed by atoms with E-state index in [2.05, 4.69) is 4.98 Å². The Hall–Kier alpha value is -2.13. The highest BCUT2D eigenvalue weighted by Gasteiger charge is 2.06. The minimum absolute atomic E-state index is 0.0921. The molecule has 3 aromatic rings. The summed E-state index contributed by atoms with van der Waals surface area (Å²) in [6.45, 7) is 1.92. The van der Waals surface area contributed by atoms with Crippen LogP contribution in [-0.4, -0.2) is 9.55 Å². The Morgan fingerprint density at radius 1 is 1.16 bits per heavy atom. The van der Waals surface area contributed by atoms with Gasteiger partial charge in [-0.2, -0.15) is 0 Å². The van der Waals surface area contributed by atoms with Crippen LogP contribution in [0.2, 0.25) is 5.02 Å². The molecule has 0 aliphatic rings. The largest absolute Gasteiger partial charge is 0.268 e. The average Bonchev–Trinajstić information content (AvgIpc) is 2.43. The average molecular weight is 271 g/mol. The lowest BCUT2D eigenvalue weighted by atomic mass is 10.2. The maximum atomic E-state index is 12.4. The van der Waals surface area contributed by atoms with Crippen molar-refractivity contribution in [1.29, 1.82) is 0 Å². The second-order valence-electron chi connectivity index (χ2n) is 4.37. The van der Waals surface area contributed by atoms with Gasteiger partial charge in [-0.3, -0.25) is 9.36 Å². The monoisotopic (exact) mass is 270 g/mol. The molecule has 19 heavy (non-hydrogen) atoms. The molecule has 0 aliphatic carbocycles. The highest BCUT2D eigenvalue weighted by molar-refractivity contribution is 6.31. The van der Waals surface area contributed by atoms with Crippen molar-refractivity contribution in [3.05, 3.63) is 69.7 Å². The Labute approximate surface area is 115 Å². The fourth-order valence-corrected chi connectivity index (χ4v) is 2.16. The van der Waals surface area contributed by atoms with E-state index < -0.39 is 0 Å². The zero-order chi connectivity index (χ0) is 13.4. The standard InChI is InChI=1S/C15H11ClN2O/c1-10-6-7-11(8-13(10)16)18-9-17-14-5-3-2-4-12(14)15(18)19/h2-9H,1H3. The van der Waals surface area contributed by atoms with Gasteiger partial charge >= 0.3 is 0 Å². The second kappa shape index (κ2) is 4.52. The normalized spacial score (nSPS) is 10.8. The number of fused-ring (bicyclic) bond motifs is 1. The first-order valence-corrected chi connectivity index (χ1v) is 6.27. The van der Waals surface area contributed by atoms with E-state index in [4.69, 9.17) is 11.6 Å². The summed E-state index contributed by atoms with van der Waals surface area (Å²) in [5, 5.41) is 1.24. The Kier molecular flexibility index (Phi) is 2.84. The number of halogens is 1. The smallest absolute Gasteiger partial charge is 0.265 e. The minimum atomic E-state index is -0.0921. The number of benzene rings is 2. The van der Waals surface area contributed by atoms with Crippen molar-refractivity contribution in [2.75, 3.05) is 0 Å². The molecule has 0 atom stereocenters. The van der Waals surface area contributed by atoms with Crippen molar-refractivity contribution in [3.8, 4) is 5.69 Å². The minimum Gasteiger partial charge on any atom is -0.268 e. The number of aryl methyl sites for hydroxylation is 1. The predicted molar refractivity (Wildman–Crippen MR) is 77.1 cm³/mol. The van der Waals surface area contributed by atoms with Crippen LogP contribution in [0.3, 0.4) is 0 Å². The summed E-state index contributed by atoms with van der Waals surface area (Å²) in [6.07, 6.45) is 1.53. The quantitative estimate of drug-likeness (QED) is 0.680. The van der Waals surface area contributed by atoms with Crippen LogP contribution in [0, 0.1) is 6.92 Å². The van der Waals surface area contributed by atoms with E-state index in [1.165, 1.54) is 10.9 Å². The summed E-state index contributed by atoms with van der Waals surface area (Å²) in [7, 11) is 0. The van der Waals surface area contributed by atoms with Crippen LogP contribution in [0.15, 0.2) is 53.6 Å². The number of nitrogens with zero attached hydrogens (tertiary/aromatic N) is 2. The number of rotatable bonds is 1. The first kappa shape index (κ1) is 11.9. The molecule has 0 spiro atoms. The Morgan fingerprint density at radius 3 is 2.74 bits per heavy atom. The molecule has 94 valence electrons. The van der Waals surface area contributed by atoms with Gasteiger partial charge in [0.1, 0.15) is 6.33 Å². The molecule has 0 unspecified atom stereocenters. The van der Waals surface area contributed by atoms with Gasteiger partial charge in [0.05, 0.1) is 16.6 Å². The summed E-state index contributed by atoms with van der Waals surface area (Å²) in [5.74, 6) is 0. The topological polar surface area (TPSA) is 34.9 Å². The summed E-state index contributed by atoms with van der Waals surface area (Å²) < 4.78 is 1.51. The molecular weight excluding hydrogens is 260 g/mol. The molecule has 0 fully saturated rings. The maximum Gasteiger partial charge on any atom is 0.265 e. The van der Waals surface area contributed by atoms with Gasteiger partial charge < -0.3 is 0 Å². The highest BCUT2D eigenvalue weighted by Crippen LogP contribution is 2.18. The van der Waals surface area contributed by atoms with Crippen molar-refractivity contribution < 1.29 is 0 Å². The van der Waals surface area contributed by atoms with Gasteiger partial charge in [0.15, 0.2) is 0 Å². The van der Waals surface area contributed by atoms with Gasteiger partial charge in [-0.15, -0.1) is 0 Å². The van der Waals surface area contributed by atoms with Gasteiger partial charge in [0.25, 0.3) is 5.56 Å². The molecule has 0 bridgehead atoms. The van der Waals surface area contributed by atoms with Gasteiger partial charge in [-0.1, -0.05) is 29.8 Å². The molecule has 1 aromatic heterocycles. The number of hydrogen-bond acceptors (Lipinski definition) is 2. The summed E-state index contributed by atoms with van der Waals surface area (Å²) >= 11 is 6.10. The Bertz CT molecular complexity index is 824. The fourth-order valence-electron chi connectivity index (χ4n) is 1.98. The molecule has 2 aromatic carbocycles. The van der Waals surface area contributed by atoms with Gasteiger partial charge in [-0.25, -0.2) is 4.98 Å². The molecule has 0 amide bonds. The lowest BCUT2D eigenvalue weighted by Crippen LogP contribution is -2.18. The van der Waals surface area contributed by atoms with E-state index >= 15 is 0 Å². The SMILES string of the molecule is Cc1ccc(-n2cnc3ccccc3c2=O)cc1Cl. The van der Waals surface area contributed by atoms with E-state index in [0.717, 1.165) is 11.3 Å². The molecule has 0 radical (unpaired) electrons. The van der Waals surface area contributed by atoms with E-state index in [-0.39, 0.29) is 5.56 Å². The van der Waals surface area contributed by atoms with Gasteiger partial charge in [0, 0.05) is 5.02 Å². The molecule has 3 nitrogen and oxygen atoms in total. The van der Waals surface area contributed by atoms with Crippen LogP contribution < -0.4 is 5.56 Å². The third-order valence-electron chi connectivity index (χ3n) is 3.10. The van der Waals surface area contributed by atoms with Crippen LogP contribution in [-0.2, 0) is 0 Å². The van der Waals surface area contributed by atoms with Crippen LogP contribution in [0.1, 0.15) is 5.56 Å². The molecule has 0 N–H and O–H groups in total. The zero-order valence-corrected chi connectivity index (χ0v) is 11.1. The molecule has 1 heterocycles. The van der Waals surface area contributed by atoms with E-state index in [9.17, 15) is 4.79 Å². The van der Waals surface area contributed by atoms with Crippen molar-refractivity contribution in [2.24, 2.45) is 0 Å². The van der Waals surface area contributed by atoms with E-state index in [0.29, 0.717) is 15.9 Å². The van der Waals surface area contributed by atoms with Crippen molar-refractivity contribution >= 4 is 22.5 Å². The van der Waals surface area contributed by atoms with Crippen LogP contribution >= 0.6 is 11.6 Å². The predicted octanol–water partition coefficient (Wildman–Crippen LogP) is 3.35. The maximum absolute atomic E-state index is 12.4. The van der Waals surface area contributed by atoms with Crippen molar-refractivity contribution in [3.63, 3.8) is 0 Å². The van der Waals surface area contributed by atoms with Crippen LogP contribution in [0.25, 0.3) is 16.6 Å². The Balaban J connectivity index is 2.28. The molecule has 0 saturated heterocycles. The number of para-hydroxylation sites is 1. The Morgan fingerprint density at radius 2 is 1.95 bits per heavy atom. The third kappa shape index (κ3) is 2.02. The summed E-state index contributed by atoms with van der Waals surface area (Å²) in [5.41, 5.74) is 2.30. The zero-order valence-electron chi connectivity index (χ0n) is 10.3. The van der Waals surface area contributed by atoms with E-state index in [1.807, 2.05) is 37.3 Å². The molecule has 3 rings (SSSR count). The molecule has 4 heteroatoms.